The molecule has 0 atom stereocenters. The molecule has 0 spiro atoms. The van der Waals surface area contributed by atoms with Crippen LogP contribution in [0.1, 0.15) is 15.9 Å². The number of sulfonamides is 1. The molecule has 6 nitrogen and oxygen atoms in total. The van der Waals surface area contributed by atoms with Gasteiger partial charge in [0.25, 0.3) is 5.91 Å². The van der Waals surface area contributed by atoms with Crippen LogP contribution in [0.2, 0.25) is 0 Å². The van der Waals surface area contributed by atoms with Gasteiger partial charge < -0.3 is 10.3 Å². The van der Waals surface area contributed by atoms with Crippen molar-refractivity contribution >= 4 is 32.5 Å². The highest BCUT2D eigenvalue weighted by molar-refractivity contribution is 7.89. The van der Waals surface area contributed by atoms with Crippen LogP contribution in [0.25, 0.3) is 10.9 Å². The number of benzene rings is 3. The monoisotopic (exact) mass is 419 g/mol. The van der Waals surface area contributed by atoms with E-state index in [1.807, 2.05) is 48.7 Å². The normalized spacial score (nSPS) is 11.5. The molecule has 4 aromatic rings. The lowest BCUT2D eigenvalue weighted by Crippen LogP contribution is -2.26. The molecule has 7 heteroatoms. The lowest BCUT2D eigenvalue weighted by atomic mass is 10.1. The molecule has 30 heavy (non-hydrogen) atoms. The highest BCUT2D eigenvalue weighted by Gasteiger charge is 2.15. The Morgan fingerprint density at radius 1 is 0.867 bits per heavy atom. The zero-order chi connectivity index (χ0) is 21.0. The van der Waals surface area contributed by atoms with Crippen LogP contribution in [-0.2, 0) is 16.4 Å². The van der Waals surface area contributed by atoms with Crippen LogP contribution in [0.3, 0.4) is 0 Å². The number of hydrogen-bond acceptors (Lipinski definition) is 3. The molecule has 1 heterocycles. The van der Waals surface area contributed by atoms with E-state index in [0.29, 0.717) is 17.7 Å². The van der Waals surface area contributed by atoms with Crippen LogP contribution >= 0.6 is 0 Å². The molecule has 1 aromatic heterocycles. The Morgan fingerprint density at radius 2 is 1.57 bits per heavy atom. The molecular weight excluding hydrogens is 398 g/mol. The van der Waals surface area contributed by atoms with E-state index in [-0.39, 0.29) is 17.3 Å². The molecule has 0 aliphatic rings. The first kappa shape index (κ1) is 19.9. The third-order valence-corrected chi connectivity index (χ3v) is 6.30. The van der Waals surface area contributed by atoms with Crippen LogP contribution in [0.4, 0.5) is 5.69 Å². The zero-order valence-corrected chi connectivity index (χ0v) is 16.9. The second-order valence-electron chi connectivity index (χ2n) is 6.85. The molecule has 3 N–H and O–H groups in total. The fraction of sp³-hybridized carbons (Fsp3) is 0.0870. The Balaban J connectivity index is 1.38. The molecule has 152 valence electrons. The van der Waals surface area contributed by atoms with Crippen LogP contribution in [0.15, 0.2) is 90.0 Å². The van der Waals surface area contributed by atoms with Crippen molar-refractivity contribution in [2.75, 3.05) is 11.9 Å². The molecule has 0 saturated heterocycles. The number of carbonyl (C=O) groups excluding carboxylic acids is 1. The number of rotatable bonds is 7. The van der Waals surface area contributed by atoms with Crippen LogP contribution in [0, 0.1) is 0 Å². The molecule has 1 amide bonds. The number of amides is 1. The third-order valence-electron chi connectivity index (χ3n) is 4.82. The topological polar surface area (TPSA) is 91.1 Å². The summed E-state index contributed by atoms with van der Waals surface area (Å²) in [6.07, 6.45) is 2.47. The summed E-state index contributed by atoms with van der Waals surface area (Å²) in [4.78, 5) is 15.6. The lowest BCUT2D eigenvalue weighted by molar-refractivity contribution is 0.102. The van der Waals surface area contributed by atoms with Gasteiger partial charge in [-0.15, -0.1) is 0 Å². The van der Waals surface area contributed by atoms with E-state index in [0.717, 1.165) is 16.5 Å². The predicted octanol–water partition coefficient (Wildman–Crippen LogP) is 3.94. The van der Waals surface area contributed by atoms with Crippen molar-refractivity contribution < 1.29 is 13.2 Å². The van der Waals surface area contributed by atoms with Crippen molar-refractivity contribution in [1.82, 2.24) is 9.71 Å². The SMILES string of the molecule is O=C(Nc1ccccc1)c1ccc(S(=O)(=O)NCCc2c[nH]c3ccccc23)cc1. The number of fused-ring (bicyclic) bond motifs is 1. The standard InChI is InChI=1S/C23H21N3O3S/c27-23(26-19-6-2-1-3-7-19)17-10-12-20(13-11-17)30(28,29)25-15-14-18-16-24-22-9-5-4-8-21(18)22/h1-13,16,24-25H,14-15H2,(H,26,27). The van der Waals surface area contributed by atoms with Crippen molar-refractivity contribution in [2.24, 2.45) is 0 Å². The van der Waals surface area contributed by atoms with E-state index in [1.165, 1.54) is 24.3 Å². The fourth-order valence-corrected chi connectivity index (χ4v) is 4.28. The summed E-state index contributed by atoms with van der Waals surface area (Å²) in [5.74, 6) is -0.294. The minimum atomic E-state index is -3.66. The average Bonchev–Trinajstić information content (AvgIpc) is 3.18. The maximum absolute atomic E-state index is 12.6. The molecule has 0 radical (unpaired) electrons. The number of para-hydroxylation sites is 2. The number of aromatic nitrogens is 1. The molecule has 4 rings (SSSR count). The van der Waals surface area contributed by atoms with Gasteiger partial charge in [0.2, 0.25) is 10.0 Å². The van der Waals surface area contributed by atoms with Gasteiger partial charge >= 0.3 is 0 Å². The summed E-state index contributed by atoms with van der Waals surface area (Å²) < 4.78 is 27.8. The van der Waals surface area contributed by atoms with Gasteiger partial charge in [-0.1, -0.05) is 36.4 Å². The molecule has 0 saturated carbocycles. The van der Waals surface area contributed by atoms with E-state index in [1.54, 1.807) is 12.1 Å². The Hall–Kier alpha value is -3.42. The minimum absolute atomic E-state index is 0.123. The van der Waals surface area contributed by atoms with Crippen molar-refractivity contribution in [3.05, 3.63) is 96.2 Å². The smallest absolute Gasteiger partial charge is 0.255 e. The summed E-state index contributed by atoms with van der Waals surface area (Å²) in [6.45, 7) is 0.278. The van der Waals surface area contributed by atoms with Gasteiger partial charge in [0.1, 0.15) is 0 Å². The van der Waals surface area contributed by atoms with E-state index in [4.69, 9.17) is 0 Å². The molecule has 0 bridgehead atoms. The van der Waals surface area contributed by atoms with E-state index in [2.05, 4.69) is 15.0 Å². The Bertz CT molecular complexity index is 1260. The van der Waals surface area contributed by atoms with E-state index < -0.39 is 10.0 Å². The maximum Gasteiger partial charge on any atom is 0.255 e. The van der Waals surface area contributed by atoms with Crippen molar-refractivity contribution in [3.63, 3.8) is 0 Å². The lowest BCUT2D eigenvalue weighted by Gasteiger charge is -2.08. The second-order valence-corrected chi connectivity index (χ2v) is 8.62. The molecule has 0 unspecified atom stereocenters. The zero-order valence-electron chi connectivity index (χ0n) is 16.1. The van der Waals surface area contributed by atoms with Crippen LogP contribution in [-0.4, -0.2) is 25.9 Å². The summed E-state index contributed by atoms with van der Waals surface area (Å²) >= 11 is 0. The van der Waals surface area contributed by atoms with Gasteiger partial charge in [-0.3, -0.25) is 4.79 Å². The number of anilines is 1. The summed E-state index contributed by atoms with van der Waals surface area (Å²) in [7, 11) is -3.66. The van der Waals surface area contributed by atoms with Crippen LogP contribution < -0.4 is 10.0 Å². The Morgan fingerprint density at radius 3 is 2.33 bits per heavy atom. The number of nitrogens with one attached hydrogen (secondary N) is 3. The minimum Gasteiger partial charge on any atom is -0.361 e. The fourth-order valence-electron chi connectivity index (χ4n) is 3.25. The Labute approximate surface area is 175 Å². The van der Waals surface area contributed by atoms with Gasteiger partial charge in [-0.25, -0.2) is 13.1 Å². The average molecular weight is 420 g/mol. The number of hydrogen-bond donors (Lipinski definition) is 3. The third kappa shape index (κ3) is 4.42. The molecule has 0 aliphatic carbocycles. The Kier molecular flexibility index (Phi) is 5.65. The van der Waals surface area contributed by atoms with Gasteiger partial charge in [0.05, 0.1) is 4.90 Å². The largest absolute Gasteiger partial charge is 0.361 e. The number of carbonyl (C=O) groups is 1. The molecular formula is C23H21N3O3S. The van der Waals surface area contributed by atoms with E-state index in [9.17, 15) is 13.2 Å². The van der Waals surface area contributed by atoms with Gasteiger partial charge in [-0.05, 0) is 54.4 Å². The highest BCUT2D eigenvalue weighted by atomic mass is 32.2. The van der Waals surface area contributed by atoms with Gasteiger partial charge in [-0.2, -0.15) is 0 Å². The second kappa shape index (κ2) is 8.52. The summed E-state index contributed by atoms with van der Waals surface area (Å²) in [5, 5.41) is 3.86. The first-order valence-electron chi connectivity index (χ1n) is 9.54. The van der Waals surface area contributed by atoms with Crippen molar-refractivity contribution in [2.45, 2.75) is 11.3 Å². The quantitative estimate of drug-likeness (QED) is 0.424. The number of H-pyrrole nitrogens is 1. The van der Waals surface area contributed by atoms with E-state index >= 15 is 0 Å². The first-order chi connectivity index (χ1) is 14.5. The predicted molar refractivity (Wildman–Crippen MR) is 118 cm³/mol. The van der Waals surface area contributed by atoms with Gasteiger partial charge in [0.15, 0.2) is 0 Å². The van der Waals surface area contributed by atoms with Crippen molar-refractivity contribution in [1.29, 1.82) is 0 Å². The summed E-state index contributed by atoms with van der Waals surface area (Å²) in [5.41, 5.74) is 3.15. The molecule has 0 fully saturated rings. The van der Waals surface area contributed by atoms with Crippen molar-refractivity contribution in [3.8, 4) is 0 Å². The molecule has 0 aliphatic heterocycles. The number of aromatic amines is 1. The van der Waals surface area contributed by atoms with Crippen LogP contribution in [0.5, 0.6) is 0 Å². The highest BCUT2D eigenvalue weighted by Crippen LogP contribution is 2.18. The first-order valence-corrected chi connectivity index (χ1v) is 11.0. The summed E-state index contributed by atoms with van der Waals surface area (Å²) in [6, 6.07) is 22.9. The molecule has 3 aromatic carbocycles. The maximum atomic E-state index is 12.6. The van der Waals surface area contributed by atoms with Gasteiger partial charge in [0, 0.05) is 34.9 Å².